The van der Waals surface area contributed by atoms with E-state index in [1.165, 1.54) is 18.5 Å². The summed E-state index contributed by atoms with van der Waals surface area (Å²) < 4.78 is 2.03. The lowest BCUT2D eigenvalue weighted by Gasteiger charge is -2.04. The summed E-state index contributed by atoms with van der Waals surface area (Å²) in [5, 5.41) is 0. The van der Waals surface area contributed by atoms with Gasteiger partial charge in [-0.15, -0.1) is 0 Å². The second-order valence-electron chi connectivity index (χ2n) is 6.19. The summed E-state index contributed by atoms with van der Waals surface area (Å²) in [5.74, 6) is 7.86. The van der Waals surface area contributed by atoms with Crippen LogP contribution in [-0.4, -0.2) is 19.5 Å². The lowest BCUT2D eigenvalue weighted by atomic mass is 10.2. The molecule has 3 heterocycles. The molecule has 0 bridgehead atoms. The quantitative estimate of drug-likeness (QED) is 0.679. The van der Waals surface area contributed by atoms with Crippen molar-refractivity contribution in [2.75, 3.05) is 0 Å². The average Bonchev–Trinajstić information content (AvgIpc) is 3.37. The minimum Gasteiger partial charge on any atom is -0.301 e. The molecule has 0 unspecified atom stereocenters. The van der Waals surface area contributed by atoms with Gasteiger partial charge in [-0.3, -0.25) is 9.97 Å². The smallest absolute Gasteiger partial charge is 0.132 e. The van der Waals surface area contributed by atoms with Gasteiger partial charge in [0, 0.05) is 35.3 Å². The summed E-state index contributed by atoms with van der Waals surface area (Å²) in [7, 11) is 0. The largest absolute Gasteiger partial charge is 0.301 e. The van der Waals surface area contributed by atoms with E-state index in [0.717, 1.165) is 28.5 Å². The molecule has 0 aromatic carbocycles. The molecule has 0 aliphatic heterocycles. The van der Waals surface area contributed by atoms with Crippen molar-refractivity contribution in [1.29, 1.82) is 0 Å². The van der Waals surface area contributed by atoms with Crippen LogP contribution in [0.5, 0.6) is 0 Å². The molecule has 1 aliphatic carbocycles. The molecule has 0 saturated heterocycles. The molecule has 1 fully saturated rings. The van der Waals surface area contributed by atoms with Crippen molar-refractivity contribution in [3.63, 3.8) is 0 Å². The summed E-state index contributed by atoms with van der Waals surface area (Å²) in [6, 6.07) is 8.11. The van der Waals surface area contributed by atoms with Crippen LogP contribution in [0.15, 0.2) is 42.9 Å². The highest BCUT2D eigenvalue weighted by Gasteiger charge is 2.24. The zero-order chi connectivity index (χ0) is 16.5. The number of pyridine rings is 2. The van der Waals surface area contributed by atoms with Crippen LogP contribution in [-0.2, 0) is 0 Å². The molecule has 1 saturated carbocycles. The Bertz CT molecular complexity index is 938. The van der Waals surface area contributed by atoms with Crippen molar-refractivity contribution in [3.05, 3.63) is 71.3 Å². The van der Waals surface area contributed by atoms with Gasteiger partial charge in [0.15, 0.2) is 0 Å². The number of nitrogens with zero attached hydrogens (tertiary/aromatic N) is 4. The average molecular weight is 314 g/mol. The maximum absolute atomic E-state index is 4.58. The van der Waals surface area contributed by atoms with E-state index in [1.807, 2.05) is 42.9 Å². The summed E-state index contributed by atoms with van der Waals surface area (Å²) in [5.41, 5.74) is 4.89. The second kappa shape index (κ2) is 5.93. The van der Waals surface area contributed by atoms with Gasteiger partial charge in [-0.2, -0.15) is 0 Å². The molecule has 0 radical (unpaired) electrons. The molecule has 24 heavy (non-hydrogen) atoms. The maximum Gasteiger partial charge on any atom is 0.132 e. The highest BCUT2D eigenvalue weighted by molar-refractivity contribution is 5.42. The van der Waals surface area contributed by atoms with Crippen LogP contribution in [0.3, 0.4) is 0 Å². The molecule has 1 aliphatic rings. The monoisotopic (exact) mass is 314 g/mol. The van der Waals surface area contributed by atoms with Gasteiger partial charge in [0.05, 0.1) is 11.9 Å². The van der Waals surface area contributed by atoms with Crippen LogP contribution >= 0.6 is 0 Å². The Morgan fingerprint density at radius 2 is 1.96 bits per heavy atom. The predicted octanol–water partition coefficient (Wildman–Crippen LogP) is 3.56. The number of aromatic nitrogens is 4. The fourth-order valence-corrected chi connectivity index (χ4v) is 2.71. The Balaban J connectivity index is 1.60. The van der Waals surface area contributed by atoms with Gasteiger partial charge < -0.3 is 4.57 Å². The van der Waals surface area contributed by atoms with E-state index in [2.05, 4.69) is 38.9 Å². The molecule has 3 aromatic rings. The Labute approximate surface area is 141 Å². The van der Waals surface area contributed by atoms with Gasteiger partial charge in [-0.1, -0.05) is 5.92 Å². The van der Waals surface area contributed by atoms with E-state index < -0.39 is 0 Å². The van der Waals surface area contributed by atoms with Crippen LogP contribution in [0.1, 0.15) is 47.2 Å². The van der Waals surface area contributed by atoms with E-state index in [0.29, 0.717) is 5.92 Å². The number of hydrogen-bond donors (Lipinski definition) is 0. The molecule has 4 heteroatoms. The Kier molecular flexibility index (Phi) is 3.62. The van der Waals surface area contributed by atoms with E-state index in [4.69, 9.17) is 0 Å². The highest BCUT2D eigenvalue weighted by Crippen LogP contribution is 2.38. The van der Waals surface area contributed by atoms with E-state index in [1.54, 1.807) is 6.20 Å². The summed E-state index contributed by atoms with van der Waals surface area (Å²) in [4.78, 5) is 13.3. The summed E-state index contributed by atoms with van der Waals surface area (Å²) in [6.07, 6.45) is 8.20. The van der Waals surface area contributed by atoms with Gasteiger partial charge >= 0.3 is 0 Å². The molecule has 0 spiro atoms. The first-order valence-corrected chi connectivity index (χ1v) is 8.16. The fraction of sp³-hybridized carbons (Fsp3) is 0.250. The zero-order valence-electron chi connectivity index (χ0n) is 13.8. The first kappa shape index (κ1) is 14.6. The van der Waals surface area contributed by atoms with E-state index in [9.17, 15) is 0 Å². The van der Waals surface area contributed by atoms with Gasteiger partial charge in [0.1, 0.15) is 11.5 Å². The number of hydrogen-bond acceptors (Lipinski definition) is 3. The molecule has 3 aromatic heterocycles. The Morgan fingerprint density at radius 3 is 2.67 bits per heavy atom. The summed E-state index contributed by atoms with van der Waals surface area (Å²) >= 11 is 0. The minimum atomic E-state index is 0.674. The van der Waals surface area contributed by atoms with Gasteiger partial charge in [0.2, 0.25) is 0 Å². The third kappa shape index (κ3) is 3.07. The van der Waals surface area contributed by atoms with Gasteiger partial charge in [-0.05, 0) is 56.9 Å². The molecule has 118 valence electrons. The van der Waals surface area contributed by atoms with Crippen LogP contribution in [0.2, 0.25) is 0 Å². The van der Waals surface area contributed by atoms with Crippen LogP contribution in [0, 0.1) is 25.7 Å². The number of rotatable bonds is 2. The lowest BCUT2D eigenvalue weighted by Crippen LogP contribution is -1.97. The van der Waals surface area contributed by atoms with E-state index in [-0.39, 0.29) is 0 Å². The first-order chi connectivity index (χ1) is 11.7. The summed E-state index contributed by atoms with van der Waals surface area (Å²) in [6.45, 7) is 3.94. The van der Waals surface area contributed by atoms with Crippen molar-refractivity contribution in [1.82, 2.24) is 19.5 Å². The Hall–Kier alpha value is -2.93. The van der Waals surface area contributed by atoms with Crippen LogP contribution < -0.4 is 0 Å². The fourth-order valence-electron chi connectivity index (χ4n) is 2.71. The molecule has 4 nitrogen and oxygen atoms in total. The standard InChI is InChI=1S/C20H18N4/c1-14-11-16(9-10-21-14)3-6-18-13-24(15(2)23-18)19-7-8-20(22-12-19)17-4-5-17/h7-13,17H,4-5H2,1-2H3. The molecule has 0 atom stereocenters. The first-order valence-electron chi connectivity index (χ1n) is 8.16. The minimum absolute atomic E-state index is 0.674. The van der Waals surface area contributed by atoms with Crippen molar-refractivity contribution < 1.29 is 0 Å². The van der Waals surface area contributed by atoms with Crippen molar-refractivity contribution in [2.24, 2.45) is 0 Å². The highest BCUT2D eigenvalue weighted by atomic mass is 15.1. The normalized spacial score (nSPS) is 13.4. The van der Waals surface area contributed by atoms with Crippen molar-refractivity contribution in [3.8, 4) is 17.5 Å². The number of aryl methyl sites for hydroxylation is 2. The number of imidazole rings is 1. The lowest BCUT2D eigenvalue weighted by molar-refractivity contribution is 0.945. The zero-order valence-corrected chi connectivity index (χ0v) is 13.8. The van der Waals surface area contributed by atoms with Crippen molar-refractivity contribution >= 4 is 0 Å². The molecule has 4 rings (SSSR count). The maximum atomic E-state index is 4.58. The third-order valence-corrected chi connectivity index (χ3v) is 4.16. The topological polar surface area (TPSA) is 43.6 Å². The molecular formula is C20H18N4. The third-order valence-electron chi connectivity index (χ3n) is 4.16. The molecule has 0 amide bonds. The van der Waals surface area contributed by atoms with Crippen LogP contribution in [0.25, 0.3) is 5.69 Å². The Morgan fingerprint density at radius 1 is 1.08 bits per heavy atom. The van der Waals surface area contributed by atoms with Crippen LogP contribution in [0.4, 0.5) is 0 Å². The van der Waals surface area contributed by atoms with E-state index >= 15 is 0 Å². The SMILES string of the molecule is Cc1cc(C#Cc2cn(-c3ccc(C4CC4)nc3)c(C)n2)ccn1. The molecular weight excluding hydrogens is 296 g/mol. The molecule has 0 N–H and O–H groups in total. The van der Waals surface area contributed by atoms with Gasteiger partial charge in [0.25, 0.3) is 0 Å². The van der Waals surface area contributed by atoms with Crippen molar-refractivity contribution in [2.45, 2.75) is 32.6 Å². The van der Waals surface area contributed by atoms with Gasteiger partial charge in [-0.25, -0.2) is 4.98 Å². The second-order valence-corrected chi connectivity index (χ2v) is 6.19. The predicted molar refractivity (Wildman–Crippen MR) is 93.0 cm³/mol.